The number of pyridine rings is 1. The van der Waals surface area contributed by atoms with Gasteiger partial charge in [0.05, 0.1) is 0 Å². The summed E-state index contributed by atoms with van der Waals surface area (Å²) in [5.74, 6) is -0.546. The van der Waals surface area contributed by atoms with Gasteiger partial charge >= 0.3 is 6.03 Å². The zero-order valence-electron chi connectivity index (χ0n) is 19.9. The largest absolute Gasteiger partial charge is 0.474 e. The van der Waals surface area contributed by atoms with Crippen molar-refractivity contribution in [2.24, 2.45) is 5.73 Å². The lowest BCUT2D eigenvalue weighted by molar-refractivity contribution is -0.127. The number of nitrogens with two attached hydrogens (primary N) is 1. The maximum Gasteiger partial charge on any atom is 0.331 e. The van der Waals surface area contributed by atoms with E-state index >= 15 is 0 Å². The summed E-state index contributed by atoms with van der Waals surface area (Å²) in [6.07, 6.45) is 4.75. The topological polar surface area (TPSA) is 106 Å². The van der Waals surface area contributed by atoms with E-state index in [0.29, 0.717) is 25.7 Å². The number of urea groups is 1. The summed E-state index contributed by atoms with van der Waals surface area (Å²) < 4.78 is 5.95. The summed E-state index contributed by atoms with van der Waals surface area (Å²) in [4.78, 5) is 44.8. The van der Waals surface area contributed by atoms with Crippen LogP contribution in [0.2, 0.25) is 0 Å². The Morgan fingerprint density at radius 3 is 2.31 bits per heavy atom. The van der Waals surface area contributed by atoms with E-state index in [1.807, 2.05) is 42.5 Å². The summed E-state index contributed by atoms with van der Waals surface area (Å²) in [5.41, 5.74) is 8.74. The van der Waals surface area contributed by atoms with Gasteiger partial charge in [-0.05, 0) is 67.5 Å². The summed E-state index contributed by atoms with van der Waals surface area (Å²) in [7, 11) is 0. The molecule has 2 N–H and O–H groups in total. The van der Waals surface area contributed by atoms with Crippen LogP contribution in [-0.4, -0.2) is 46.4 Å². The fraction of sp³-hybridized carbons (Fsp3) is 0.286. The Kier molecular flexibility index (Phi) is 6.66. The molecule has 5 rings (SSSR count). The smallest absolute Gasteiger partial charge is 0.331 e. The monoisotopic (exact) mass is 484 g/mol. The molecule has 2 aliphatic rings. The molecule has 1 aromatic heterocycles. The molecule has 0 unspecified atom stereocenters. The fourth-order valence-electron chi connectivity index (χ4n) is 4.95. The number of primary amides is 1. The molecule has 0 radical (unpaired) electrons. The second-order valence-corrected chi connectivity index (χ2v) is 9.23. The lowest BCUT2D eigenvalue weighted by atomic mass is 9.92. The quantitative estimate of drug-likeness (QED) is 0.512. The van der Waals surface area contributed by atoms with E-state index in [2.05, 4.69) is 17.1 Å². The Hall–Kier alpha value is -4.20. The molecule has 1 saturated carbocycles. The highest BCUT2D eigenvalue weighted by atomic mass is 16.5. The van der Waals surface area contributed by atoms with Crippen LogP contribution < -0.4 is 15.4 Å². The summed E-state index contributed by atoms with van der Waals surface area (Å²) >= 11 is 0. The minimum atomic E-state index is -0.590. The lowest BCUT2D eigenvalue weighted by Gasteiger charge is -2.33. The van der Waals surface area contributed by atoms with Crippen molar-refractivity contribution in [1.29, 1.82) is 0 Å². The van der Waals surface area contributed by atoms with Crippen molar-refractivity contribution in [2.45, 2.75) is 44.2 Å². The highest BCUT2D eigenvalue weighted by Gasteiger charge is 2.42. The van der Waals surface area contributed by atoms with Crippen LogP contribution in [0.4, 0.5) is 10.5 Å². The van der Waals surface area contributed by atoms with E-state index < -0.39 is 5.91 Å². The van der Waals surface area contributed by atoms with E-state index in [1.165, 1.54) is 10.5 Å². The van der Waals surface area contributed by atoms with Crippen molar-refractivity contribution in [2.75, 3.05) is 11.4 Å². The Morgan fingerprint density at radius 2 is 1.61 bits per heavy atom. The average molecular weight is 485 g/mol. The number of nitrogens with zero attached hydrogens (tertiary/aromatic N) is 3. The van der Waals surface area contributed by atoms with Crippen molar-refractivity contribution in [3.8, 4) is 5.88 Å². The van der Waals surface area contributed by atoms with Gasteiger partial charge in [-0.2, -0.15) is 0 Å². The van der Waals surface area contributed by atoms with Crippen LogP contribution in [0.15, 0.2) is 72.9 Å². The molecular weight excluding hydrogens is 456 g/mol. The first-order chi connectivity index (χ1) is 17.5. The summed E-state index contributed by atoms with van der Waals surface area (Å²) in [5, 5.41) is 0. The van der Waals surface area contributed by atoms with E-state index in [4.69, 9.17) is 10.5 Å². The van der Waals surface area contributed by atoms with E-state index in [9.17, 15) is 14.4 Å². The molecule has 8 nitrogen and oxygen atoms in total. The number of carbonyl (C=O) groups is 3. The number of benzene rings is 2. The first-order valence-electron chi connectivity index (χ1n) is 12.2. The number of amides is 4. The molecule has 184 valence electrons. The molecule has 0 bridgehead atoms. The van der Waals surface area contributed by atoms with Gasteiger partial charge in [-0.1, -0.05) is 42.5 Å². The van der Waals surface area contributed by atoms with Crippen molar-refractivity contribution in [3.05, 3.63) is 89.6 Å². The molecule has 1 aliphatic heterocycles. The van der Waals surface area contributed by atoms with E-state index in [1.54, 1.807) is 23.2 Å². The molecule has 2 aromatic carbocycles. The number of aromatic nitrogens is 1. The third kappa shape index (κ3) is 4.93. The molecule has 8 heteroatoms. The van der Waals surface area contributed by atoms with Gasteiger partial charge in [0, 0.05) is 17.9 Å². The Labute approximate surface area is 209 Å². The fourth-order valence-corrected chi connectivity index (χ4v) is 4.95. The Balaban J connectivity index is 1.20. The van der Waals surface area contributed by atoms with Crippen LogP contribution in [0.25, 0.3) is 0 Å². The standard InChI is InChI=1S/C28H28N4O4/c29-26(34)24-7-4-16-30-27(24)36-23-14-12-22(13-15-23)32-25(33)18-31(28(32)35)21-10-8-20(9-11-21)17-19-5-2-1-3-6-19/h1-11,16,22-23H,12-15,17-18H2,(H2,29,34)/t22-,23-. The highest BCUT2D eigenvalue weighted by Crippen LogP contribution is 2.31. The van der Waals surface area contributed by atoms with Crippen molar-refractivity contribution >= 4 is 23.5 Å². The third-order valence-corrected chi connectivity index (χ3v) is 6.82. The predicted molar refractivity (Wildman–Crippen MR) is 135 cm³/mol. The maximum absolute atomic E-state index is 13.2. The molecule has 4 amide bonds. The van der Waals surface area contributed by atoms with E-state index in [0.717, 1.165) is 17.7 Å². The zero-order valence-corrected chi connectivity index (χ0v) is 19.9. The average Bonchev–Trinajstić information content (AvgIpc) is 3.19. The van der Waals surface area contributed by atoms with Gasteiger partial charge in [0.1, 0.15) is 18.2 Å². The molecule has 36 heavy (non-hydrogen) atoms. The van der Waals surface area contributed by atoms with Gasteiger partial charge < -0.3 is 10.5 Å². The van der Waals surface area contributed by atoms with Gasteiger partial charge in [-0.25, -0.2) is 9.78 Å². The molecule has 0 spiro atoms. The molecule has 3 aromatic rings. The second-order valence-electron chi connectivity index (χ2n) is 9.23. The molecule has 0 atom stereocenters. The third-order valence-electron chi connectivity index (χ3n) is 6.82. The Morgan fingerprint density at radius 1 is 0.917 bits per heavy atom. The van der Waals surface area contributed by atoms with Crippen LogP contribution in [0.5, 0.6) is 5.88 Å². The van der Waals surface area contributed by atoms with Gasteiger partial charge in [-0.3, -0.25) is 19.4 Å². The molecule has 2 fully saturated rings. The van der Waals surface area contributed by atoms with E-state index in [-0.39, 0.29) is 42.1 Å². The number of rotatable bonds is 7. The Bertz CT molecular complexity index is 1250. The molecule has 2 heterocycles. The molecular formula is C28H28N4O4. The maximum atomic E-state index is 13.2. The van der Waals surface area contributed by atoms with Crippen LogP contribution in [-0.2, 0) is 11.2 Å². The highest BCUT2D eigenvalue weighted by molar-refractivity contribution is 6.12. The number of hydrogen-bond donors (Lipinski definition) is 1. The van der Waals surface area contributed by atoms with Gasteiger partial charge in [0.2, 0.25) is 5.88 Å². The number of anilines is 1. The summed E-state index contributed by atoms with van der Waals surface area (Å²) in [6, 6.07) is 20.8. The lowest BCUT2D eigenvalue weighted by Crippen LogP contribution is -2.44. The predicted octanol–water partition coefficient (Wildman–Crippen LogP) is 3.93. The minimum Gasteiger partial charge on any atom is -0.474 e. The summed E-state index contributed by atoms with van der Waals surface area (Å²) in [6.45, 7) is 0.0448. The SMILES string of the molecule is NC(=O)c1cccnc1O[C@H]1CC[C@H](N2C(=O)CN(c3ccc(Cc4ccccc4)cc3)C2=O)CC1. The van der Waals surface area contributed by atoms with Gasteiger partial charge in [0.25, 0.3) is 11.8 Å². The molecule has 1 saturated heterocycles. The number of hydrogen-bond acceptors (Lipinski definition) is 5. The van der Waals surface area contributed by atoms with Crippen LogP contribution in [0, 0.1) is 0 Å². The second kappa shape index (κ2) is 10.2. The van der Waals surface area contributed by atoms with Gasteiger partial charge in [0.15, 0.2) is 0 Å². The first-order valence-corrected chi connectivity index (χ1v) is 12.2. The van der Waals surface area contributed by atoms with Crippen molar-refractivity contribution in [1.82, 2.24) is 9.88 Å². The first kappa shape index (κ1) is 23.5. The zero-order chi connectivity index (χ0) is 25.1. The van der Waals surface area contributed by atoms with Crippen molar-refractivity contribution in [3.63, 3.8) is 0 Å². The van der Waals surface area contributed by atoms with Crippen LogP contribution in [0.3, 0.4) is 0 Å². The normalized spacial score (nSPS) is 20.0. The molecule has 1 aliphatic carbocycles. The number of ether oxygens (including phenoxy) is 1. The number of carbonyl (C=O) groups excluding carboxylic acids is 3. The minimum absolute atomic E-state index is 0.0448. The van der Waals surface area contributed by atoms with Crippen molar-refractivity contribution < 1.29 is 19.1 Å². The number of imide groups is 1. The van der Waals surface area contributed by atoms with Crippen LogP contribution in [0.1, 0.15) is 47.2 Å². The van der Waals surface area contributed by atoms with Crippen LogP contribution >= 0.6 is 0 Å². The van der Waals surface area contributed by atoms with Gasteiger partial charge in [-0.15, -0.1) is 0 Å².